The van der Waals surface area contributed by atoms with Gasteiger partial charge in [-0.1, -0.05) is 49.3 Å². The first-order chi connectivity index (χ1) is 13.6. The second kappa shape index (κ2) is 8.00. The number of hydrogen-bond acceptors (Lipinski definition) is 4. The van der Waals surface area contributed by atoms with Crippen LogP contribution in [-0.4, -0.2) is 39.3 Å². The van der Waals surface area contributed by atoms with E-state index in [4.69, 9.17) is 4.52 Å². The van der Waals surface area contributed by atoms with Crippen molar-refractivity contribution in [3.05, 3.63) is 70.9 Å². The fourth-order valence-corrected chi connectivity index (χ4v) is 3.85. The van der Waals surface area contributed by atoms with Gasteiger partial charge in [0.15, 0.2) is 5.69 Å². The molecule has 1 aromatic carbocycles. The van der Waals surface area contributed by atoms with Gasteiger partial charge in [-0.05, 0) is 24.0 Å². The fraction of sp³-hybridized carbons (Fsp3) is 0.409. The highest BCUT2D eigenvalue weighted by molar-refractivity contribution is 5.92. The number of amides is 1. The topological polar surface area (TPSA) is 75.0 Å². The summed E-state index contributed by atoms with van der Waals surface area (Å²) >= 11 is 0. The number of nitrogens with zero attached hydrogens (tertiary/aromatic N) is 3. The van der Waals surface area contributed by atoms with Crippen molar-refractivity contribution in [1.29, 1.82) is 0 Å². The van der Waals surface area contributed by atoms with Crippen molar-refractivity contribution in [2.75, 3.05) is 13.1 Å². The molecule has 6 heteroatoms. The molecule has 0 unspecified atom stereocenters. The van der Waals surface area contributed by atoms with Crippen LogP contribution in [0.2, 0.25) is 0 Å². The Balaban J connectivity index is 1.48. The third-order valence-electron chi connectivity index (χ3n) is 5.42. The number of aromatic nitrogens is 3. The lowest BCUT2D eigenvalue weighted by atomic mass is 9.90. The third kappa shape index (κ3) is 3.86. The molecule has 0 saturated carbocycles. The number of rotatable bonds is 5. The van der Waals surface area contributed by atoms with E-state index in [1.807, 2.05) is 31.0 Å². The number of aromatic amines is 1. The zero-order valence-corrected chi connectivity index (χ0v) is 16.4. The lowest BCUT2D eigenvalue weighted by Crippen LogP contribution is -2.39. The molecule has 0 radical (unpaired) electrons. The van der Waals surface area contributed by atoms with Gasteiger partial charge in [-0.25, -0.2) is 0 Å². The minimum Gasteiger partial charge on any atom is -0.360 e. The molecule has 146 valence electrons. The number of nitrogens with one attached hydrogen (secondary N) is 1. The Morgan fingerprint density at radius 2 is 2.14 bits per heavy atom. The summed E-state index contributed by atoms with van der Waals surface area (Å²) in [5, 5.41) is 11.5. The molecule has 0 aliphatic carbocycles. The number of hydrogen-bond donors (Lipinski definition) is 1. The first-order valence-corrected chi connectivity index (χ1v) is 9.93. The van der Waals surface area contributed by atoms with Crippen LogP contribution in [0.5, 0.6) is 0 Å². The largest absolute Gasteiger partial charge is 0.360 e. The van der Waals surface area contributed by atoms with Crippen LogP contribution in [0.3, 0.4) is 0 Å². The Morgan fingerprint density at radius 3 is 2.89 bits per heavy atom. The molecule has 1 fully saturated rings. The van der Waals surface area contributed by atoms with Crippen LogP contribution in [0.1, 0.15) is 71.6 Å². The van der Waals surface area contributed by atoms with E-state index in [-0.39, 0.29) is 17.7 Å². The molecule has 2 aromatic heterocycles. The second-order valence-corrected chi connectivity index (χ2v) is 7.83. The van der Waals surface area contributed by atoms with E-state index in [0.717, 1.165) is 37.3 Å². The lowest BCUT2D eigenvalue weighted by Gasteiger charge is -2.32. The van der Waals surface area contributed by atoms with Gasteiger partial charge in [0.1, 0.15) is 5.76 Å². The molecule has 0 spiro atoms. The predicted octanol–water partition coefficient (Wildman–Crippen LogP) is 4.13. The molecule has 1 saturated heterocycles. The summed E-state index contributed by atoms with van der Waals surface area (Å²) in [6.45, 7) is 5.48. The number of likely N-dealkylation sites (tertiary alicyclic amines) is 1. The molecule has 1 aliphatic rings. The molecular weight excluding hydrogens is 352 g/mol. The van der Waals surface area contributed by atoms with Crippen LogP contribution in [-0.2, 0) is 6.42 Å². The maximum absolute atomic E-state index is 12.9. The van der Waals surface area contributed by atoms with Crippen LogP contribution in [0.25, 0.3) is 0 Å². The summed E-state index contributed by atoms with van der Waals surface area (Å²) in [7, 11) is 0. The monoisotopic (exact) mass is 378 g/mol. The first-order valence-electron chi connectivity index (χ1n) is 9.93. The van der Waals surface area contributed by atoms with Gasteiger partial charge in [-0.2, -0.15) is 5.10 Å². The van der Waals surface area contributed by atoms with Gasteiger partial charge >= 0.3 is 0 Å². The SMILES string of the molecule is CC(C)c1cc(C(=O)N2CCC[C@@H](c3[nH]ncc3Cc3ccccc3)C2)no1. The van der Waals surface area contributed by atoms with E-state index in [2.05, 4.69) is 39.6 Å². The van der Waals surface area contributed by atoms with E-state index < -0.39 is 0 Å². The summed E-state index contributed by atoms with van der Waals surface area (Å²) < 4.78 is 5.31. The highest BCUT2D eigenvalue weighted by atomic mass is 16.5. The van der Waals surface area contributed by atoms with E-state index in [1.165, 1.54) is 11.1 Å². The molecule has 1 N–H and O–H groups in total. The fourth-order valence-electron chi connectivity index (χ4n) is 3.85. The van der Waals surface area contributed by atoms with E-state index in [9.17, 15) is 4.79 Å². The standard InChI is InChI=1S/C22H26N4O2/c1-15(2)20-12-19(25-28-20)22(27)26-10-6-9-17(14-26)21-18(13-23-24-21)11-16-7-4-3-5-8-16/h3-5,7-8,12-13,15,17H,6,9-11,14H2,1-2H3,(H,23,24)/t17-/m1/s1. The van der Waals surface area contributed by atoms with Crippen molar-refractivity contribution in [3.63, 3.8) is 0 Å². The van der Waals surface area contributed by atoms with Crippen LogP contribution < -0.4 is 0 Å². The molecule has 4 rings (SSSR count). The minimum absolute atomic E-state index is 0.0514. The zero-order valence-electron chi connectivity index (χ0n) is 16.4. The molecule has 6 nitrogen and oxygen atoms in total. The van der Waals surface area contributed by atoms with E-state index >= 15 is 0 Å². The van der Waals surface area contributed by atoms with Gasteiger partial charge in [0.05, 0.1) is 6.20 Å². The van der Waals surface area contributed by atoms with E-state index in [1.54, 1.807) is 6.07 Å². The highest BCUT2D eigenvalue weighted by Crippen LogP contribution is 2.30. The van der Waals surface area contributed by atoms with Gasteiger partial charge < -0.3 is 9.42 Å². The van der Waals surface area contributed by atoms with Crippen LogP contribution in [0, 0.1) is 0 Å². The number of carbonyl (C=O) groups is 1. The van der Waals surface area contributed by atoms with E-state index in [0.29, 0.717) is 12.2 Å². The maximum atomic E-state index is 12.9. The Kier molecular flexibility index (Phi) is 5.28. The minimum atomic E-state index is -0.0514. The summed E-state index contributed by atoms with van der Waals surface area (Å²) in [6.07, 6.45) is 4.77. The summed E-state index contributed by atoms with van der Waals surface area (Å²) in [6, 6.07) is 12.2. The Hall–Kier alpha value is -2.89. The van der Waals surface area contributed by atoms with Crippen LogP contribution in [0.4, 0.5) is 0 Å². The zero-order chi connectivity index (χ0) is 19.5. The van der Waals surface area contributed by atoms with Gasteiger partial charge in [0.25, 0.3) is 5.91 Å². The van der Waals surface area contributed by atoms with Crippen molar-refractivity contribution < 1.29 is 9.32 Å². The Bertz CT molecular complexity index is 929. The third-order valence-corrected chi connectivity index (χ3v) is 5.42. The molecule has 1 aliphatic heterocycles. The quantitative estimate of drug-likeness (QED) is 0.724. The average Bonchev–Trinajstić information content (AvgIpc) is 3.38. The summed E-state index contributed by atoms with van der Waals surface area (Å²) in [4.78, 5) is 14.8. The molecule has 3 aromatic rings. The second-order valence-electron chi connectivity index (χ2n) is 7.83. The number of carbonyl (C=O) groups excluding carboxylic acids is 1. The van der Waals surface area contributed by atoms with Crippen LogP contribution >= 0.6 is 0 Å². The lowest BCUT2D eigenvalue weighted by molar-refractivity contribution is 0.0695. The van der Waals surface area contributed by atoms with Gasteiger partial charge in [-0.15, -0.1) is 0 Å². The average molecular weight is 378 g/mol. The van der Waals surface area contributed by atoms with Gasteiger partial charge in [0, 0.05) is 43.1 Å². The molecule has 28 heavy (non-hydrogen) atoms. The molecule has 1 amide bonds. The molecule has 1 atom stereocenters. The normalized spacial score (nSPS) is 17.2. The van der Waals surface area contributed by atoms with Crippen molar-refractivity contribution in [3.8, 4) is 0 Å². The van der Waals surface area contributed by atoms with Gasteiger partial charge in [0.2, 0.25) is 0 Å². The Morgan fingerprint density at radius 1 is 1.32 bits per heavy atom. The number of H-pyrrole nitrogens is 1. The molecular formula is C22H26N4O2. The van der Waals surface area contributed by atoms with Crippen molar-refractivity contribution in [2.45, 2.75) is 44.9 Å². The molecule has 3 heterocycles. The van der Waals surface area contributed by atoms with Crippen molar-refractivity contribution >= 4 is 5.91 Å². The van der Waals surface area contributed by atoms with Crippen molar-refractivity contribution in [2.24, 2.45) is 0 Å². The predicted molar refractivity (Wildman–Crippen MR) is 106 cm³/mol. The first kappa shape index (κ1) is 18.5. The Labute approximate surface area is 164 Å². The number of benzene rings is 1. The summed E-state index contributed by atoms with van der Waals surface area (Å²) in [5.41, 5.74) is 4.01. The molecule has 0 bridgehead atoms. The summed E-state index contributed by atoms with van der Waals surface area (Å²) in [5.74, 6) is 1.17. The van der Waals surface area contributed by atoms with Crippen LogP contribution in [0.15, 0.2) is 47.1 Å². The smallest absolute Gasteiger partial charge is 0.276 e. The maximum Gasteiger partial charge on any atom is 0.276 e. The number of piperidine rings is 1. The highest BCUT2D eigenvalue weighted by Gasteiger charge is 2.29. The van der Waals surface area contributed by atoms with Gasteiger partial charge in [-0.3, -0.25) is 9.89 Å². The van der Waals surface area contributed by atoms with Crippen molar-refractivity contribution in [1.82, 2.24) is 20.3 Å².